The van der Waals surface area contributed by atoms with Gasteiger partial charge in [0.15, 0.2) is 21.3 Å². The summed E-state index contributed by atoms with van der Waals surface area (Å²) in [5.74, 6) is -1.96. The zero-order valence-corrected chi connectivity index (χ0v) is 24.7. The van der Waals surface area contributed by atoms with Crippen molar-refractivity contribution in [3.63, 3.8) is 0 Å². The van der Waals surface area contributed by atoms with E-state index < -0.39 is 32.9 Å². The van der Waals surface area contributed by atoms with Crippen molar-refractivity contribution >= 4 is 38.3 Å². The van der Waals surface area contributed by atoms with Gasteiger partial charge in [-0.05, 0) is 51.1 Å². The number of hydrogen-bond donors (Lipinski definition) is 1. The molecule has 3 aromatic heterocycles. The number of fused-ring (bicyclic) bond motifs is 1. The molecule has 224 valence electrons. The van der Waals surface area contributed by atoms with Crippen LogP contribution in [0.3, 0.4) is 0 Å². The number of sulfone groups is 1. The standard InChI is InChI=1S/C29H29F2N7O4S/c1-6-23(39)36-13-15(2)37(16(3)14-36)28-18-12-20(31)25(24-19(30)8-7-9-21(24)32)34-27(18)38(29(40)35-28)26-17(4)33-11-10-22(26)43(5,41)42/h6-12,15-16H,1,13-14,32H2,2-5H3/t15-,16+. The van der Waals surface area contributed by atoms with Gasteiger partial charge < -0.3 is 15.5 Å². The molecule has 11 nitrogen and oxygen atoms in total. The summed E-state index contributed by atoms with van der Waals surface area (Å²) in [5.41, 5.74) is 4.09. The molecule has 14 heteroatoms. The van der Waals surface area contributed by atoms with Crippen molar-refractivity contribution in [2.45, 2.75) is 37.8 Å². The number of pyridine rings is 2. The Morgan fingerprint density at radius 1 is 1.12 bits per heavy atom. The molecule has 0 radical (unpaired) electrons. The molecular formula is C29H29F2N7O4S. The van der Waals surface area contributed by atoms with Gasteiger partial charge in [-0.25, -0.2) is 31.5 Å². The van der Waals surface area contributed by atoms with E-state index in [0.717, 1.165) is 23.0 Å². The molecule has 2 atom stereocenters. The van der Waals surface area contributed by atoms with E-state index in [9.17, 15) is 18.0 Å². The van der Waals surface area contributed by atoms with Gasteiger partial charge >= 0.3 is 5.69 Å². The summed E-state index contributed by atoms with van der Waals surface area (Å²) in [4.78, 5) is 42.4. The topological polar surface area (TPSA) is 144 Å². The molecule has 5 rings (SSSR count). The number of nitrogen functional groups attached to an aromatic ring is 1. The van der Waals surface area contributed by atoms with Gasteiger partial charge in [-0.3, -0.25) is 9.78 Å². The Labute approximate surface area is 246 Å². The van der Waals surface area contributed by atoms with Crippen molar-refractivity contribution in [1.29, 1.82) is 0 Å². The number of rotatable bonds is 5. The first-order valence-corrected chi connectivity index (χ1v) is 15.2. The molecule has 1 aromatic carbocycles. The molecule has 1 aliphatic rings. The van der Waals surface area contributed by atoms with Crippen LogP contribution < -0.4 is 16.3 Å². The highest BCUT2D eigenvalue weighted by atomic mass is 32.2. The lowest BCUT2D eigenvalue weighted by molar-refractivity contribution is -0.127. The Bertz CT molecular complexity index is 1950. The lowest BCUT2D eigenvalue weighted by Gasteiger charge is -2.45. The van der Waals surface area contributed by atoms with Crippen LogP contribution >= 0.6 is 0 Å². The van der Waals surface area contributed by atoms with Crippen molar-refractivity contribution in [2.75, 3.05) is 30.0 Å². The van der Waals surface area contributed by atoms with Crippen LogP contribution in [0.4, 0.5) is 20.3 Å². The van der Waals surface area contributed by atoms with Crippen LogP contribution in [-0.2, 0) is 14.6 Å². The van der Waals surface area contributed by atoms with Crippen LogP contribution in [0.15, 0.2) is 58.9 Å². The van der Waals surface area contributed by atoms with Crippen molar-refractivity contribution < 1.29 is 22.0 Å². The number of hydrogen-bond acceptors (Lipinski definition) is 9. The van der Waals surface area contributed by atoms with Gasteiger partial charge in [0.25, 0.3) is 0 Å². The number of piperazine rings is 1. The smallest absolute Gasteiger partial charge is 0.355 e. The summed E-state index contributed by atoms with van der Waals surface area (Å²) < 4.78 is 57.5. The molecule has 0 spiro atoms. The number of nitrogens with zero attached hydrogens (tertiary/aromatic N) is 6. The minimum absolute atomic E-state index is 0.0562. The average Bonchev–Trinajstić information content (AvgIpc) is 2.92. The number of amides is 1. The van der Waals surface area contributed by atoms with Gasteiger partial charge in [0, 0.05) is 43.3 Å². The van der Waals surface area contributed by atoms with E-state index in [0.29, 0.717) is 0 Å². The normalized spacial score (nSPS) is 17.3. The highest BCUT2D eigenvalue weighted by molar-refractivity contribution is 7.90. The van der Waals surface area contributed by atoms with E-state index >= 15 is 8.78 Å². The largest absolute Gasteiger partial charge is 0.398 e. The monoisotopic (exact) mass is 609 g/mol. The molecule has 43 heavy (non-hydrogen) atoms. The number of aryl methyl sites for hydroxylation is 1. The number of benzene rings is 1. The Morgan fingerprint density at radius 3 is 2.40 bits per heavy atom. The van der Waals surface area contributed by atoms with E-state index in [4.69, 9.17) is 5.73 Å². The first-order valence-electron chi connectivity index (χ1n) is 13.3. The fourth-order valence-electron chi connectivity index (χ4n) is 5.63. The lowest BCUT2D eigenvalue weighted by Crippen LogP contribution is -2.58. The summed E-state index contributed by atoms with van der Waals surface area (Å²) in [6.45, 7) is 9.23. The first kappa shape index (κ1) is 29.8. The van der Waals surface area contributed by atoms with Gasteiger partial charge in [0.05, 0.1) is 27.2 Å². The Kier molecular flexibility index (Phi) is 7.50. The molecule has 0 aliphatic carbocycles. The van der Waals surface area contributed by atoms with Crippen LogP contribution in [-0.4, -0.2) is 70.2 Å². The molecule has 0 unspecified atom stereocenters. The minimum atomic E-state index is -3.90. The highest BCUT2D eigenvalue weighted by Crippen LogP contribution is 2.36. The van der Waals surface area contributed by atoms with E-state index in [-0.39, 0.29) is 75.5 Å². The third-order valence-electron chi connectivity index (χ3n) is 7.43. The van der Waals surface area contributed by atoms with Crippen LogP contribution in [0, 0.1) is 18.6 Å². The molecular weight excluding hydrogens is 580 g/mol. The zero-order chi connectivity index (χ0) is 31.4. The predicted octanol–water partition coefficient (Wildman–Crippen LogP) is 3.03. The Balaban J connectivity index is 1.89. The fraction of sp³-hybridized carbons (Fsp3) is 0.276. The SMILES string of the molecule is C=CC(=O)N1C[C@@H](C)N(c2nc(=O)n(-c3c(S(C)(=O)=O)ccnc3C)c3nc(-c4c(N)cccc4F)c(F)cc23)[C@@H](C)C1. The van der Waals surface area contributed by atoms with Crippen molar-refractivity contribution in [2.24, 2.45) is 0 Å². The van der Waals surface area contributed by atoms with E-state index in [1.54, 1.807) is 9.80 Å². The highest BCUT2D eigenvalue weighted by Gasteiger charge is 2.35. The lowest BCUT2D eigenvalue weighted by atomic mass is 10.0. The van der Waals surface area contributed by atoms with Crippen molar-refractivity contribution in [3.8, 4) is 16.9 Å². The Morgan fingerprint density at radius 2 is 1.79 bits per heavy atom. The quantitative estimate of drug-likeness (QED) is 0.267. The number of halogens is 2. The summed E-state index contributed by atoms with van der Waals surface area (Å²) in [6.07, 6.45) is 3.48. The molecule has 0 saturated carbocycles. The molecule has 2 N–H and O–H groups in total. The number of nitrogens with two attached hydrogens (primary N) is 1. The van der Waals surface area contributed by atoms with Crippen LogP contribution in [0.25, 0.3) is 28.0 Å². The summed E-state index contributed by atoms with van der Waals surface area (Å²) >= 11 is 0. The van der Waals surface area contributed by atoms with Crippen LogP contribution in [0.1, 0.15) is 19.5 Å². The van der Waals surface area contributed by atoms with Crippen LogP contribution in [0.2, 0.25) is 0 Å². The zero-order valence-electron chi connectivity index (χ0n) is 23.9. The third kappa shape index (κ3) is 5.11. The van der Waals surface area contributed by atoms with Crippen molar-refractivity contribution in [3.05, 3.63) is 77.0 Å². The van der Waals surface area contributed by atoms with E-state index in [2.05, 4.69) is 21.5 Å². The van der Waals surface area contributed by atoms with Gasteiger partial charge in [-0.2, -0.15) is 4.98 Å². The molecule has 4 aromatic rings. The third-order valence-corrected chi connectivity index (χ3v) is 8.56. The average molecular weight is 610 g/mol. The number of carbonyl (C=O) groups is 1. The maximum absolute atomic E-state index is 15.9. The van der Waals surface area contributed by atoms with Gasteiger partial charge in [0.2, 0.25) is 5.91 Å². The predicted molar refractivity (Wildman–Crippen MR) is 159 cm³/mol. The number of aromatic nitrogens is 4. The van der Waals surface area contributed by atoms with E-state index in [1.165, 1.54) is 37.4 Å². The molecule has 1 saturated heterocycles. The molecule has 1 fully saturated rings. The summed E-state index contributed by atoms with van der Waals surface area (Å²) in [5, 5.41) is 0.0562. The molecule has 0 bridgehead atoms. The Hall–Kier alpha value is -4.72. The maximum atomic E-state index is 15.9. The molecule has 1 aliphatic heterocycles. The van der Waals surface area contributed by atoms with Crippen LogP contribution in [0.5, 0.6) is 0 Å². The second-order valence-corrected chi connectivity index (χ2v) is 12.5. The second-order valence-electron chi connectivity index (χ2n) is 10.5. The summed E-state index contributed by atoms with van der Waals surface area (Å²) in [7, 11) is -3.90. The molecule has 1 amide bonds. The molecule has 4 heterocycles. The van der Waals surface area contributed by atoms with E-state index in [1.807, 2.05) is 13.8 Å². The fourth-order valence-corrected chi connectivity index (χ4v) is 6.52. The number of anilines is 2. The second kappa shape index (κ2) is 10.8. The maximum Gasteiger partial charge on any atom is 0.355 e. The van der Waals surface area contributed by atoms with Crippen molar-refractivity contribution in [1.82, 2.24) is 24.4 Å². The minimum Gasteiger partial charge on any atom is -0.398 e. The van der Waals surface area contributed by atoms with Gasteiger partial charge in [-0.15, -0.1) is 0 Å². The van der Waals surface area contributed by atoms with Gasteiger partial charge in [0.1, 0.15) is 17.3 Å². The summed E-state index contributed by atoms with van der Waals surface area (Å²) in [6, 6.07) is 5.41. The number of carbonyl (C=O) groups excluding carboxylic acids is 1. The van der Waals surface area contributed by atoms with Gasteiger partial charge in [-0.1, -0.05) is 12.6 Å². The first-order chi connectivity index (χ1) is 20.2.